The maximum atomic E-state index is 13.0. The molecule has 0 saturated heterocycles. The topological polar surface area (TPSA) is 111 Å². The number of ether oxygens (including phenoxy) is 4. The molecule has 0 aliphatic heterocycles. The molecular formula is C98H171NO8. The van der Waals surface area contributed by atoms with Gasteiger partial charge in [-0.1, -0.05) is 417 Å². The third-order valence-electron chi connectivity index (χ3n) is 19.9. The lowest BCUT2D eigenvalue weighted by atomic mass is 10.0. The average Bonchev–Trinajstić information content (AvgIpc) is 0.965. The number of carboxylic acids is 1. The molecule has 2 unspecified atom stereocenters. The Labute approximate surface area is 662 Å². The lowest BCUT2D eigenvalue weighted by Crippen LogP contribution is -2.44. The number of nitrogens with zero attached hydrogens (tertiary/aromatic N) is 1. The van der Waals surface area contributed by atoms with Crippen LogP contribution in [0.2, 0.25) is 0 Å². The second-order valence-corrected chi connectivity index (χ2v) is 31.5. The highest BCUT2D eigenvalue weighted by Crippen LogP contribution is 2.20. The fraction of sp³-hybridized carbons (Fsp3) is 0.745. The summed E-state index contributed by atoms with van der Waals surface area (Å²) in [7, 11) is 5.95. The van der Waals surface area contributed by atoms with Crippen LogP contribution in [0.15, 0.2) is 134 Å². The number of likely N-dealkylation sites (N-methyl/N-ethyl adjacent to an activating group) is 1. The molecule has 0 amide bonds. The first-order valence-electron chi connectivity index (χ1n) is 45.3. The van der Waals surface area contributed by atoms with E-state index in [1.165, 1.54) is 276 Å². The first-order chi connectivity index (χ1) is 52.6. The van der Waals surface area contributed by atoms with Crippen molar-refractivity contribution in [1.82, 2.24) is 0 Å². The van der Waals surface area contributed by atoms with E-state index in [2.05, 4.69) is 148 Å². The minimum atomic E-state index is -1.63. The molecule has 0 aromatic rings. The zero-order chi connectivity index (χ0) is 77.4. The molecule has 107 heavy (non-hydrogen) atoms. The van der Waals surface area contributed by atoms with Crippen LogP contribution in [0.3, 0.4) is 0 Å². The molecule has 2 atom stereocenters. The minimum Gasteiger partial charge on any atom is -0.545 e. The van der Waals surface area contributed by atoms with E-state index in [4.69, 9.17) is 18.9 Å². The number of aliphatic carboxylic acids is 1. The second-order valence-electron chi connectivity index (χ2n) is 31.5. The van der Waals surface area contributed by atoms with Gasteiger partial charge in [-0.25, -0.2) is 0 Å². The van der Waals surface area contributed by atoms with E-state index in [0.717, 1.165) is 103 Å². The number of unbranched alkanes of at least 4 members (excludes halogenated alkanes) is 47. The van der Waals surface area contributed by atoms with Crippen molar-refractivity contribution in [1.29, 1.82) is 0 Å². The summed E-state index contributed by atoms with van der Waals surface area (Å²) in [5, 5.41) is 11.9. The Morgan fingerprint density at radius 2 is 0.533 bits per heavy atom. The van der Waals surface area contributed by atoms with Gasteiger partial charge in [0.15, 0.2) is 12.4 Å². The number of hydrogen-bond donors (Lipinski definition) is 0. The molecule has 616 valence electrons. The summed E-state index contributed by atoms with van der Waals surface area (Å²) in [4.78, 5) is 37.7. The lowest BCUT2D eigenvalue weighted by Gasteiger charge is -2.26. The van der Waals surface area contributed by atoms with Crippen LogP contribution in [0, 0.1) is 0 Å². The summed E-state index contributed by atoms with van der Waals surface area (Å²) in [5.74, 6) is -2.26. The molecule has 9 heteroatoms. The predicted octanol–water partition coefficient (Wildman–Crippen LogP) is 28.6. The molecule has 0 radical (unpaired) electrons. The van der Waals surface area contributed by atoms with Crippen LogP contribution >= 0.6 is 0 Å². The van der Waals surface area contributed by atoms with Gasteiger partial charge < -0.3 is 33.3 Å². The summed E-state index contributed by atoms with van der Waals surface area (Å²) in [6.07, 6.45) is 123. The van der Waals surface area contributed by atoms with E-state index in [9.17, 15) is 19.5 Å². The van der Waals surface area contributed by atoms with E-state index in [-0.39, 0.29) is 32.2 Å². The number of hydrogen-bond acceptors (Lipinski definition) is 8. The molecule has 0 rings (SSSR count). The molecule has 0 fully saturated rings. The summed E-state index contributed by atoms with van der Waals surface area (Å²) in [6.45, 7) is 4.67. The minimum absolute atomic E-state index is 0.146. The molecular weight excluding hydrogens is 1320 g/mol. The van der Waals surface area contributed by atoms with Gasteiger partial charge in [-0.2, -0.15) is 0 Å². The van der Waals surface area contributed by atoms with E-state index >= 15 is 0 Å². The number of rotatable bonds is 84. The van der Waals surface area contributed by atoms with Crippen molar-refractivity contribution in [3.8, 4) is 0 Å². The molecule has 0 spiro atoms. The summed E-state index contributed by atoms with van der Waals surface area (Å²) < 4.78 is 22.9. The SMILES string of the molecule is CC/C=C\C/C=C\C/C=C\C/C=C\C/C=C\C/C=C\C/C=C\C/C=C\CCCCCCCCCCCCCCCCCCC(=O)OC(COC(=O)CCCCCCCCCCCCCCCCCCCCCCCCCCCC/C=C\C/C=C\C/C=C\CCCCCCC)COC(OCC[N+](C)(C)C)C(=O)[O-]. The molecule has 9 nitrogen and oxygen atoms in total. The van der Waals surface area contributed by atoms with Gasteiger partial charge in [-0.15, -0.1) is 0 Å². The van der Waals surface area contributed by atoms with Gasteiger partial charge in [-0.05, 0) is 116 Å². The Morgan fingerprint density at radius 1 is 0.290 bits per heavy atom. The summed E-state index contributed by atoms with van der Waals surface area (Å²) >= 11 is 0. The van der Waals surface area contributed by atoms with E-state index < -0.39 is 24.3 Å². The zero-order valence-electron chi connectivity index (χ0n) is 70.7. The van der Waals surface area contributed by atoms with Crippen LogP contribution in [0.1, 0.15) is 412 Å². The maximum Gasteiger partial charge on any atom is 0.306 e. The molecule has 0 saturated carbocycles. The van der Waals surface area contributed by atoms with Gasteiger partial charge in [0.05, 0.1) is 40.3 Å². The van der Waals surface area contributed by atoms with Crippen molar-refractivity contribution < 1.29 is 42.9 Å². The highest BCUT2D eigenvalue weighted by atomic mass is 16.7. The van der Waals surface area contributed by atoms with Gasteiger partial charge in [0, 0.05) is 12.8 Å². The van der Waals surface area contributed by atoms with Crippen LogP contribution < -0.4 is 5.11 Å². The van der Waals surface area contributed by atoms with Gasteiger partial charge in [0.2, 0.25) is 0 Å². The number of quaternary nitrogens is 1. The fourth-order valence-corrected chi connectivity index (χ4v) is 13.0. The third-order valence-corrected chi connectivity index (χ3v) is 19.9. The Bertz CT molecular complexity index is 2240. The van der Waals surface area contributed by atoms with Crippen molar-refractivity contribution >= 4 is 17.9 Å². The van der Waals surface area contributed by atoms with Crippen LogP contribution in [0.4, 0.5) is 0 Å². The van der Waals surface area contributed by atoms with E-state index in [1.807, 2.05) is 21.1 Å². The van der Waals surface area contributed by atoms with Crippen molar-refractivity contribution in [3.05, 3.63) is 134 Å². The van der Waals surface area contributed by atoms with Crippen molar-refractivity contribution in [3.63, 3.8) is 0 Å². The first-order valence-corrected chi connectivity index (χ1v) is 45.3. The smallest absolute Gasteiger partial charge is 0.306 e. The Balaban J connectivity index is 3.95. The number of carbonyl (C=O) groups excluding carboxylic acids is 3. The van der Waals surface area contributed by atoms with Crippen molar-refractivity contribution in [2.24, 2.45) is 0 Å². The first kappa shape index (κ1) is 102. The Kier molecular flexibility index (Phi) is 83.3. The molecule has 0 bridgehead atoms. The predicted molar refractivity (Wildman–Crippen MR) is 463 cm³/mol. The number of carboxylic acid groups (broad SMARTS) is 1. The molecule has 0 aliphatic carbocycles. The Hall–Kier alpha value is -4.57. The van der Waals surface area contributed by atoms with Gasteiger partial charge in [0.1, 0.15) is 13.2 Å². The quantitative estimate of drug-likeness (QED) is 0.0195. The standard InChI is InChI=1S/C98H171NO8/c1-6-8-10-12-14-16-18-20-22-24-26-28-30-32-34-36-38-40-42-44-46-48-50-52-54-56-58-60-62-64-66-68-70-72-74-76-78-80-82-84-86-88-95(100)105-92-94(93-106-98(97(102)103)104-91-90-99(3,4)5)107-96(101)89-87-85-83-81-79-77-75-73-71-69-67-65-63-61-59-57-55-53-51-49-47-45-43-41-39-37-35-33-31-29-27-25-23-21-19-17-15-13-11-9-7-2/h9,11,15,17-18,20-21,23-24,26-27,29-30,32-33,35,39,41,45,47,51,53,94,98H,6-8,10,12-14,16,19,22,25,28,31,34,36-38,40,42-44,46,48-50,52,54-93H2,1-5H3/b11-9-,17-15-,20-18-,23-21-,26-24-,29-27-,32-30-,35-33-,41-39-,47-45-,53-51-. The molecule has 0 heterocycles. The number of esters is 2. The monoisotopic (exact) mass is 1490 g/mol. The summed E-state index contributed by atoms with van der Waals surface area (Å²) in [5.41, 5.74) is 0. The summed E-state index contributed by atoms with van der Waals surface area (Å²) in [6, 6.07) is 0. The normalized spacial score (nSPS) is 13.2. The van der Waals surface area contributed by atoms with Crippen LogP contribution in [0.25, 0.3) is 0 Å². The fourth-order valence-electron chi connectivity index (χ4n) is 13.0. The van der Waals surface area contributed by atoms with Crippen LogP contribution in [-0.4, -0.2) is 82.3 Å². The van der Waals surface area contributed by atoms with E-state index in [1.54, 1.807) is 0 Å². The van der Waals surface area contributed by atoms with Crippen LogP contribution in [-0.2, 0) is 33.3 Å². The van der Waals surface area contributed by atoms with E-state index in [0.29, 0.717) is 23.9 Å². The van der Waals surface area contributed by atoms with Crippen molar-refractivity contribution in [2.45, 2.75) is 424 Å². The van der Waals surface area contributed by atoms with Gasteiger partial charge in [0.25, 0.3) is 0 Å². The Morgan fingerprint density at radius 3 is 0.794 bits per heavy atom. The lowest BCUT2D eigenvalue weighted by molar-refractivity contribution is -0.870. The van der Waals surface area contributed by atoms with Crippen LogP contribution in [0.5, 0.6) is 0 Å². The molecule has 0 N–H and O–H groups in total. The molecule has 0 aromatic carbocycles. The molecule has 0 aromatic heterocycles. The third kappa shape index (κ3) is 88.5. The molecule has 0 aliphatic rings. The highest BCUT2D eigenvalue weighted by Gasteiger charge is 2.22. The zero-order valence-corrected chi connectivity index (χ0v) is 70.7. The maximum absolute atomic E-state index is 13.0. The number of carbonyl (C=O) groups is 3. The largest absolute Gasteiger partial charge is 0.545 e. The van der Waals surface area contributed by atoms with Gasteiger partial charge in [-0.3, -0.25) is 9.59 Å². The average molecular weight is 1490 g/mol. The highest BCUT2D eigenvalue weighted by molar-refractivity contribution is 5.70. The second kappa shape index (κ2) is 87.0. The van der Waals surface area contributed by atoms with Gasteiger partial charge >= 0.3 is 11.9 Å². The number of allylic oxidation sites excluding steroid dienone is 22. The van der Waals surface area contributed by atoms with Crippen molar-refractivity contribution in [2.75, 3.05) is 47.5 Å².